The van der Waals surface area contributed by atoms with Crippen LogP contribution in [0.1, 0.15) is 0 Å². The third-order valence-corrected chi connectivity index (χ3v) is 11.6. The average molecular weight is 739 g/mol. The topological polar surface area (TPSA) is 8.17 Å². The quantitative estimate of drug-likeness (QED) is 0.158. The van der Waals surface area contributed by atoms with Gasteiger partial charge in [-0.1, -0.05) is 182 Å². The van der Waals surface area contributed by atoms with Crippen molar-refractivity contribution < 1.29 is 0 Å². The summed E-state index contributed by atoms with van der Waals surface area (Å²) in [5.41, 5.74) is 14.0. The minimum atomic E-state index is 1.09. The first-order chi connectivity index (χ1) is 28.8. The number of anilines is 3. The van der Waals surface area contributed by atoms with Crippen molar-refractivity contribution in [3.63, 3.8) is 0 Å². The van der Waals surface area contributed by atoms with Crippen LogP contribution in [0.3, 0.4) is 0 Å². The molecule has 0 radical (unpaired) electrons. The molecule has 0 spiro atoms. The molecule has 0 unspecified atom stereocenters. The van der Waals surface area contributed by atoms with Crippen LogP contribution in [0.25, 0.3) is 82.4 Å². The highest BCUT2D eigenvalue weighted by molar-refractivity contribution is 6.10. The van der Waals surface area contributed by atoms with Gasteiger partial charge in [0.05, 0.1) is 22.4 Å². The van der Waals surface area contributed by atoms with E-state index in [2.05, 4.69) is 240 Å². The Hall–Kier alpha value is -7.68. The van der Waals surface area contributed by atoms with E-state index in [1.165, 1.54) is 76.7 Å². The Bertz CT molecular complexity index is 3220. The Morgan fingerprint density at radius 3 is 1.55 bits per heavy atom. The molecular weight excluding hydrogens is 701 g/mol. The lowest BCUT2D eigenvalue weighted by molar-refractivity contribution is 1.18. The van der Waals surface area contributed by atoms with Gasteiger partial charge < -0.3 is 9.47 Å². The summed E-state index contributed by atoms with van der Waals surface area (Å²) in [5, 5.41) is 7.41. The fourth-order valence-electron chi connectivity index (χ4n) is 8.94. The molecule has 0 saturated carbocycles. The molecule has 2 nitrogen and oxygen atoms in total. The molecule has 0 fully saturated rings. The largest absolute Gasteiger partial charge is 0.310 e. The van der Waals surface area contributed by atoms with Crippen LogP contribution < -0.4 is 4.90 Å². The van der Waals surface area contributed by atoms with Crippen molar-refractivity contribution in [3.8, 4) is 39.1 Å². The predicted molar refractivity (Wildman–Crippen MR) is 247 cm³/mol. The number of hydrogen-bond acceptors (Lipinski definition) is 1. The molecule has 0 atom stereocenters. The fourth-order valence-corrected chi connectivity index (χ4v) is 8.94. The molecule has 0 bridgehead atoms. The van der Waals surface area contributed by atoms with E-state index in [-0.39, 0.29) is 0 Å². The first-order valence-corrected chi connectivity index (χ1v) is 19.9. The molecule has 1 aromatic heterocycles. The second-order valence-electron chi connectivity index (χ2n) is 14.9. The number of aromatic nitrogens is 1. The third kappa shape index (κ3) is 5.66. The Balaban J connectivity index is 1.12. The predicted octanol–water partition coefficient (Wildman–Crippen LogP) is 15.6. The molecule has 0 amide bonds. The van der Waals surface area contributed by atoms with Crippen LogP contribution >= 0.6 is 0 Å². The van der Waals surface area contributed by atoms with Crippen LogP contribution in [-0.2, 0) is 0 Å². The standard InChI is InChI=1S/C56H38N2/c1-2-16-41(17-3-1)52-38-44(36-37-48(52)49-24-8-11-28-54(49)58-55-29-12-9-25-50(55)51-26-10-13-30-56(51)58)57(53-31-15-21-40-19-5-7-23-47(40)53)43-34-32-42(33-35-43)46-27-14-20-39-18-4-6-22-45(39)46/h1-38H. The van der Waals surface area contributed by atoms with E-state index in [1.807, 2.05) is 0 Å². The average Bonchev–Trinajstić information content (AvgIpc) is 3.64. The van der Waals surface area contributed by atoms with Gasteiger partial charge in [-0.3, -0.25) is 0 Å². The summed E-state index contributed by atoms with van der Waals surface area (Å²) >= 11 is 0. The van der Waals surface area contributed by atoms with Crippen molar-refractivity contribution in [2.45, 2.75) is 0 Å². The van der Waals surface area contributed by atoms with E-state index >= 15 is 0 Å². The summed E-state index contributed by atoms with van der Waals surface area (Å²) < 4.78 is 2.43. The van der Waals surface area contributed by atoms with Gasteiger partial charge >= 0.3 is 0 Å². The molecule has 58 heavy (non-hydrogen) atoms. The number of para-hydroxylation sites is 3. The second kappa shape index (κ2) is 14.1. The zero-order chi connectivity index (χ0) is 38.4. The number of hydrogen-bond donors (Lipinski definition) is 0. The van der Waals surface area contributed by atoms with Crippen molar-refractivity contribution in [2.24, 2.45) is 0 Å². The van der Waals surface area contributed by atoms with E-state index in [0.29, 0.717) is 0 Å². The Morgan fingerprint density at radius 1 is 0.293 bits per heavy atom. The summed E-state index contributed by atoms with van der Waals surface area (Å²) in [6, 6.07) is 83.7. The monoisotopic (exact) mass is 738 g/mol. The van der Waals surface area contributed by atoms with Gasteiger partial charge in [0.15, 0.2) is 0 Å². The van der Waals surface area contributed by atoms with Crippen LogP contribution in [0.15, 0.2) is 231 Å². The van der Waals surface area contributed by atoms with Crippen LogP contribution in [0.2, 0.25) is 0 Å². The van der Waals surface area contributed by atoms with E-state index in [1.54, 1.807) is 0 Å². The number of rotatable bonds is 7. The van der Waals surface area contributed by atoms with Gasteiger partial charge in [-0.25, -0.2) is 0 Å². The van der Waals surface area contributed by atoms with Crippen LogP contribution in [0, 0.1) is 0 Å². The van der Waals surface area contributed by atoms with Crippen LogP contribution in [0.5, 0.6) is 0 Å². The Kier molecular flexibility index (Phi) is 8.19. The molecule has 0 aliphatic heterocycles. The Morgan fingerprint density at radius 2 is 0.810 bits per heavy atom. The number of fused-ring (bicyclic) bond motifs is 5. The van der Waals surface area contributed by atoms with E-state index in [9.17, 15) is 0 Å². The lowest BCUT2D eigenvalue weighted by Gasteiger charge is -2.28. The molecule has 272 valence electrons. The van der Waals surface area contributed by atoms with Crippen molar-refractivity contribution in [3.05, 3.63) is 231 Å². The third-order valence-electron chi connectivity index (χ3n) is 11.6. The minimum absolute atomic E-state index is 1.09. The van der Waals surface area contributed by atoms with Crippen LogP contribution in [-0.4, -0.2) is 4.57 Å². The summed E-state index contributed by atoms with van der Waals surface area (Å²) in [4.78, 5) is 2.42. The van der Waals surface area contributed by atoms with Gasteiger partial charge in [0.25, 0.3) is 0 Å². The lowest BCUT2D eigenvalue weighted by atomic mass is 9.92. The molecule has 2 heteroatoms. The molecular formula is C56H38N2. The van der Waals surface area contributed by atoms with Crippen molar-refractivity contribution >= 4 is 60.4 Å². The lowest BCUT2D eigenvalue weighted by Crippen LogP contribution is -2.11. The molecule has 0 aliphatic carbocycles. The summed E-state index contributed by atoms with van der Waals surface area (Å²) in [6.45, 7) is 0. The highest BCUT2D eigenvalue weighted by atomic mass is 15.1. The minimum Gasteiger partial charge on any atom is -0.310 e. The maximum Gasteiger partial charge on any atom is 0.0541 e. The molecule has 1 heterocycles. The molecule has 11 rings (SSSR count). The van der Waals surface area contributed by atoms with E-state index in [4.69, 9.17) is 0 Å². The smallest absolute Gasteiger partial charge is 0.0541 e. The molecule has 11 aromatic rings. The van der Waals surface area contributed by atoms with Crippen LogP contribution in [0.4, 0.5) is 17.1 Å². The van der Waals surface area contributed by atoms with Gasteiger partial charge in [-0.15, -0.1) is 0 Å². The SMILES string of the molecule is c1ccc(-c2cc(N(c3ccc(-c4cccc5ccccc45)cc3)c3cccc4ccccc34)ccc2-c2ccccc2-n2c3ccccc3c3ccccc32)cc1. The highest BCUT2D eigenvalue weighted by Crippen LogP contribution is 2.45. The van der Waals surface area contributed by atoms with Gasteiger partial charge in [-0.05, 0) is 92.5 Å². The number of benzene rings is 10. The molecule has 0 aliphatic rings. The van der Waals surface area contributed by atoms with Gasteiger partial charge in [-0.2, -0.15) is 0 Å². The first-order valence-electron chi connectivity index (χ1n) is 19.9. The van der Waals surface area contributed by atoms with Crippen molar-refractivity contribution in [1.82, 2.24) is 4.57 Å². The zero-order valence-electron chi connectivity index (χ0n) is 31.8. The maximum absolute atomic E-state index is 2.43. The molecule has 0 N–H and O–H groups in total. The summed E-state index contributed by atoms with van der Waals surface area (Å²) in [5.74, 6) is 0. The van der Waals surface area contributed by atoms with Crippen molar-refractivity contribution in [2.75, 3.05) is 4.90 Å². The maximum atomic E-state index is 2.43. The van der Waals surface area contributed by atoms with E-state index in [0.717, 1.165) is 22.7 Å². The second-order valence-corrected chi connectivity index (χ2v) is 14.9. The zero-order valence-corrected chi connectivity index (χ0v) is 31.8. The molecule has 10 aromatic carbocycles. The van der Waals surface area contributed by atoms with Gasteiger partial charge in [0.1, 0.15) is 0 Å². The van der Waals surface area contributed by atoms with Gasteiger partial charge in [0, 0.05) is 33.1 Å². The van der Waals surface area contributed by atoms with E-state index < -0.39 is 0 Å². The first kappa shape index (κ1) is 33.6. The summed E-state index contributed by atoms with van der Waals surface area (Å²) in [7, 11) is 0. The van der Waals surface area contributed by atoms with Gasteiger partial charge in [0.2, 0.25) is 0 Å². The normalized spacial score (nSPS) is 11.4. The summed E-state index contributed by atoms with van der Waals surface area (Å²) in [6.07, 6.45) is 0. The highest BCUT2D eigenvalue weighted by Gasteiger charge is 2.21. The molecule has 0 saturated heterocycles. The van der Waals surface area contributed by atoms with Crippen molar-refractivity contribution in [1.29, 1.82) is 0 Å². The fraction of sp³-hybridized carbons (Fsp3) is 0. The number of nitrogens with zero attached hydrogens (tertiary/aromatic N) is 2. The Labute approximate surface area is 338 Å².